The highest BCUT2D eigenvalue weighted by molar-refractivity contribution is 7.98. The summed E-state index contributed by atoms with van der Waals surface area (Å²) >= 11 is 1.58. The van der Waals surface area contributed by atoms with E-state index in [0.29, 0.717) is 30.9 Å². The summed E-state index contributed by atoms with van der Waals surface area (Å²) in [6, 6.07) is 3.24. The standard InChI is InChI=1S/C34H56N6O6S/c1-20(2)15-28(29(41)16-22(5)31(42)38-30(21(3)4)34(45)35-18-26-11-10-13-46-26)37-33(44)27(12-14-47-9)36-32(43)23(6)19-40-25(8)17-24(7)39-40/h10-11,13,17,20-23,27-30,41H,12,14-16,18-19H2,1-9H3,(H,35,45)(H,36,43)(H,37,44)(H,38,42)/t22-,23+,27+,28+,29+,30+/m1/s1. The maximum atomic E-state index is 13.6. The van der Waals surface area contributed by atoms with Crippen LogP contribution in [0.15, 0.2) is 28.9 Å². The topological polar surface area (TPSA) is 168 Å². The predicted molar refractivity (Wildman–Crippen MR) is 184 cm³/mol. The van der Waals surface area contributed by atoms with Crippen LogP contribution < -0.4 is 21.3 Å². The van der Waals surface area contributed by atoms with Crippen LogP contribution in [0.2, 0.25) is 0 Å². The van der Waals surface area contributed by atoms with E-state index in [1.807, 2.05) is 53.9 Å². The SMILES string of the molecule is CSCC[C@H](NC(=O)[C@@H](C)Cn1nc(C)cc1C)C(=O)N[C@@H](CC(C)C)[C@@H](O)C[C@@H](C)C(=O)N[C@H](C(=O)NCc1ccco1)C(C)C. The maximum absolute atomic E-state index is 13.6. The van der Waals surface area contributed by atoms with Gasteiger partial charge in [-0.25, -0.2) is 0 Å². The van der Waals surface area contributed by atoms with Gasteiger partial charge in [0.05, 0.1) is 43.1 Å². The number of hydrogen-bond donors (Lipinski definition) is 5. The highest BCUT2D eigenvalue weighted by Crippen LogP contribution is 2.17. The minimum absolute atomic E-state index is 0.0733. The molecule has 0 aliphatic rings. The van der Waals surface area contributed by atoms with E-state index in [-0.39, 0.29) is 48.4 Å². The fraction of sp³-hybridized carbons (Fsp3) is 0.676. The van der Waals surface area contributed by atoms with Gasteiger partial charge in [0.1, 0.15) is 17.8 Å². The van der Waals surface area contributed by atoms with Crippen molar-refractivity contribution in [3.8, 4) is 0 Å². The summed E-state index contributed by atoms with van der Waals surface area (Å²) in [6.07, 6.45) is 3.40. The van der Waals surface area contributed by atoms with Gasteiger partial charge in [-0.3, -0.25) is 23.9 Å². The Bertz CT molecular complexity index is 1280. The second kappa shape index (κ2) is 19.5. The molecule has 0 aliphatic heterocycles. The van der Waals surface area contributed by atoms with Crippen LogP contribution in [0, 0.1) is 37.5 Å². The number of furan rings is 1. The molecule has 2 rings (SSSR count). The smallest absolute Gasteiger partial charge is 0.243 e. The highest BCUT2D eigenvalue weighted by Gasteiger charge is 2.32. The number of carbonyl (C=O) groups excluding carboxylic acids is 4. The number of hydrogen-bond acceptors (Lipinski definition) is 8. The summed E-state index contributed by atoms with van der Waals surface area (Å²) in [5.41, 5.74) is 1.83. The summed E-state index contributed by atoms with van der Waals surface area (Å²) in [5.74, 6) is -1.16. The summed E-state index contributed by atoms with van der Waals surface area (Å²) in [7, 11) is 0. The lowest BCUT2D eigenvalue weighted by atomic mass is 9.91. The number of nitrogens with one attached hydrogen (secondary N) is 4. The summed E-state index contributed by atoms with van der Waals surface area (Å²) in [6.45, 7) is 15.6. The van der Waals surface area contributed by atoms with E-state index in [2.05, 4.69) is 26.4 Å². The molecule has 2 aromatic heterocycles. The average Bonchev–Trinajstić information content (AvgIpc) is 3.63. The van der Waals surface area contributed by atoms with Crippen LogP contribution in [-0.4, -0.2) is 74.8 Å². The van der Waals surface area contributed by atoms with E-state index in [1.165, 1.54) is 6.26 Å². The summed E-state index contributed by atoms with van der Waals surface area (Å²) in [5, 5.41) is 27.3. The van der Waals surface area contributed by atoms with E-state index in [1.54, 1.807) is 42.4 Å². The zero-order chi connectivity index (χ0) is 35.3. The normalized spacial score (nSPS) is 15.4. The first kappa shape index (κ1) is 39.9. The molecule has 4 amide bonds. The van der Waals surface area contributed by atoms with Crippen molar-refractivity contribution in [3.05, 3.63) is 41.6 Å². The lowest BCUT2D eigenvalue weighted by Gasteiger charge is -2.30. The Morgan fingerprint density at radius 2 is 1.62 bits per heavy atom. The second-order valence-corrected chi connectivity index (χ2v) is 14.3. The molecule has 0 fully saturated rings. The first-order valence-corrected chi connectivity index (χ1v) is 17.9. The van der Waals surface area contributed by atoms with Crippen LogP contribution in [0.1, 0.15) is 78.0 Å². The van der Waals surface area contributed by atoms with E-state index in [4.69, 9.17) is 4.42 Å². The Hall–Kier alpha value is -3.32. The molecule has 2 heterocycles. The lowest BCUT2D eigenvalue weighted by molar-refractivity contribution is -0.133. The molecule has 0 aromatic carbocycles. The van der Waals surface area contributed by atoms with Gasteiger partial charge in [0.15, 0.2) is 0 Å². The summed E-state index contributed by atoms with van der Waals surface area (Å²) < 4.78 is 7.06. The number of aromatic nitrogens is 2. The van der Waals surface area contributed by atoms with E-state index >= 15 is 0 Å². The van der Waals surface area contributed by atoms with Crippen molar-refractivity contribution in [2.45, 2.75) is 112 Å². The van der Waals surface area contributed by atoms with Crippen molar-refractivity contribution in [2.75, 3.05) is 12.0 Å². The van der Waals surface area contributed by atoms with Gasteiger partial charge in [-0.15, -0.1) is 0 Å². The number of aliphatic hydroxyl groups is 1. The van der Waals surface area contributed by atoms with E-state index in [9.17, 15) is 24.3 Å². The minimum atomic E-state index is -1.03. The molecule has 47 heavy (non-hydrogen) atoms. The number of amides is 4. The maximum Gasteiger partial charge on any atom is 0.243 e. The average molecular weight is 677 g/mol. The molecular weight excluding hydrogens is 620 g/mol. The van der Waals surface area contributed by atoms with Crippen LogP contribution in [0.5, 0.6) is 0 Å². The van der Waals surface area contributed by atoms with Gasteiger partial charge >= 0.3 is 0 Å². The molecule has 2 aromatic rings. The van der Waals surface area contributed by atoms with Crippen molar-refractivity contribution in [1.29, 1.82) is 0 Å². The van der Waals surface area contributed by atoms with Gasteiger partial charge in [-0.1, -0.05) is 41.5 Å². The predicted octanol–water partition coefficient (Wildman–Crippen LogP) is 3.34. The fourth-order valence-corrected chi connectivity index (χ4v) is 5.76. The van der Waals surface area contributed by atoms with Gasteiger partial charge in [0.2, 0.25) is 23.6 Å². The Kier molecular flexibility index (Phi) is 16.5. The summed E-state index contributed by atoms with van der Waals surface area (Å²) in [4.78, 5) is 52.8. The molecular formula is C34H56N6O6S. The van der Waals surface area contributed by atoms with Crippen LogP contribution in [0.3, 0.4) is 0 Å². The van der Waals surface area contributed by atoms with Gasteiger partial charge in [0.25, 0.3) is 0 Å². The Morgan fingerprint density at radius 1 is 0.936 bits per heavy atom. The zero-order valence-electron chi connectivity index (χ0n) is 29.5. The highest BCUT2D eigenvalue weighted by atomic mass is 32.2. The third-order valence-electron chi connectivity index (χ3n) is 8.07. The third-order valence-corrected chi connectivity index (χ3v) is 8.71. The number of aryl methyl sites for hydroxylation is 2. The molecule has 0 spiro atoms. The first-order valence-electron chi connectivity index (χ1n) is 16.5. The largest absolute Gasteiger partial charge is 0.467 e. The monoisotopic (exact) mass is 676 g/mol. The van der Waals surface area contributed by atoms with Crippen molar-refractivity contribution < 1.29 is 28.7 Å². The molecule has 5 N–H and O–H groups in total. The van der Waals surface area contributed by atoms with Gasteiger partial charge in [-0.05, 0) is 75.2 Å². The molecule has 264 valence electrons. The number of rotatable bonds is 20. The molecule has 0 saturated carbocycles. The van der Waals surface area contributed by atoms with E-state index < -0.39 is 36.1 Å². The molecule has 6 atom stereocenters. The number of carbonyl (C=O) groups is 4. The third kappa shape index (κ3) is 13.4. The minimum Gasteiger partial charge on any atom is -0.467 e. The van der Waals surface area contributed by atoms with Crippen molar-refractivity contribution in [1.82, 2.24) is 31.0 Å². The molecule has 0 unspecified atom stereocenters. The molecule has 0 aliphatic carbocycles. The molecule has 12 nitrogen and oxygen atoms in total. The van der Waals surface area contributed by atoms with Crippen LogP contribution in [-0.2, 0) is 32.3 Å². The Morgan fingerprint density at radius 3 is 2.17 bits per heavy atom. The van der Waals surface area contributed by atoms with Gasteiger partial charge < -0.3 is 30.8 Å². The zero-order valence-corrected chi connectivity index (χ0v) is 30.3. The van der Waals surface area contributed by atoms with E-state index in [0.717, 1.165) is 11.4 Å². The molecule has 0 saturated heterocycles. The van der Waals surface area contributed by atoms with Crippen molar-refractivity contribution in [3.63, 3.8) is 0 Å². The quantitative estimate of drug-likeness (QED) is 0.142. The molecule has 0 bridgehead atoms. The van der Waals surface area contributed by atoms with Gasteiger partial charge in [-0.2, -0.15) is 16.9 Å². The second-order valence-electron chi connectivity index (χ2n) is 13.3. The first-order chi connectivity index (χ1) is 22.1. The number of thioether (sulfide) groups is 1. The van der Waals surface area contributed by atoms with Crippen LogP contribution in [0.25, 0.3) is 0 Å². The van der Waals surface area contributed by atoms with Crippen molar-refractivity contribution in [2.24, 2.45) is 23.7 Å². The molecule has 13 heteroatoms. The Labute approximate surface area is 284 Å². The lowest BCUT2D eigenvalue weighted by Crippen LogP contribution is -2.54. The fourth-order valence-electron chi connectivity index (χ4n) is 5.29. The van der Waals surface area contributed by atoms with Crippen LogP contribution >= 0.6 is 11.8 Å². The van der Waals surface area contributed by atoms with Crippen LogP contribution in [0.4, 0.5) is 0 Å². The van der Waals surface area contributed by atoms with Crippen molar-refractivity contribution >= 4 is 35.4 Å². The molecule has 0 radical (unpaired) electrons. The van der Waals surface area contributed by atoms with Gasteiger partial charge in [0, 0.05) is 11.6 Å². The Balaban J connectivity index is 2.05. The number of nitrogens with zero attached hydrogens (tertiary/aromatic N) is 2. The number of aliphatic hydroxyl groups excluding tert-OH is 1.